The Morgan fingerprint density at radius 1 is 1.15 bits per heavy atom. The number of ether oxygens (including phenoxy) is 2. The third kappa shape index (κ3) is 8.61. The molecule has 2 rings (SSSR count). The number of hydrogen-bond acceptors (Lipinski definition) is 6. The summed E-state index contributed by atoms with van der Waals surface area (Å²) >= 11 is 0. The summed E-state index contributed by atoms with van der Waals surface area (Å²) in [5.41, 5.74) is 7.39. The molecule has 0 aliphatic heterocycles. The van der Waals surface area contributed by atoms with Gasteiger partial charge in [0.05, 0.1) is 25.4 Å². The lowest BCUT2D eigenvalue weighted by Gasteiger charge is -2.25. The van der Waals surface area contributed by atoms with E-state index >= 15 is 0 Å². The van der Waals surface area contributed by atoms with E-state index < -0.39 is 23.7 Å². The molecule has 33 heavy (non-hydrogen) atoms. The van der Waals surface area contributed by atoms with Crippen molar-refractivity contribution in [2.75, 3.05) is 18.6 Å². The number of aromatic amines is 1. The van der Waals surface area contributed by atoms with Crippen molar-refractivity contribution in [3.05, 3.63) is 53.9 Å². The van der Waals surface area contributed by atoms with Gasteiger partial charge in [-0.15, -0.1) is 0 Å². The number of carbonyl (C=O) groups excluding carboxylic acids is 3. The lowest BCUT2D eigenvalue weighted by Crippen LogP contribution is -2.43. The van der Waals surface area contributed by atoms with Gasteiger partial charge in [0.15, 0.2) is 0 Å². The molecule has 0 saturated heterocycles. The molecular weight excluding hydrogens is 424 g/mol. The number of benzene rings is 1. The Morgan fingerprint density at radius 2 is 1.85 bits per heavy atom. The average molecular weight is 459 g/mol. The van der Waals surface area contributed by atoms with Gasteiger partial charge in [-0.25, -0.2) is 9.59 Å². The van der Waals surface area contributed by atoms with Crippen molar-refractivity contribution in [1.82, 2.24) is 10.3 Å². The number of nitrogens with zero attached hydrogens (tertiary/aromatic N) is 1. The predicted molar refractivity (Wildman–Crippen MR) is 126 cm³/mol. The van der Waals surface area contributed by atoms with Gasteiger partial charge in [0.25, 0.3) is 0 Å². The number of esters is 1. The van der Waals surface area contributed by atoms with E-state index in [1.807, 2.05) is 30.3 Å². The lowest BCUT2D eigenvalue weighted by molar-refractivity contribution is -0.120. The molecule has 0 saturated carbocycles. The molecule has 0 radical (unpaired) electrons. The van der Waals surface area contributed by atoms with Crippen LogP contribution in [0.15, 0.2) is 42.6 Å². The average Bonchev–Trinajstić information content (AvgIpc) is 3.25. The number of nitrogens with two attached hydrogens (primary N) is 1. The minimum atomic E-state index is -0.730. The quantitative estimate of drug-likeness (QED) is 0.370. The maximum atomic E-state index is 13.2. The number of aromatic nitrogens is 1. The molecule has 0 aliphatic carbocycles. The van der Waals surface area contributed by atoms with Crippen LogP contribution in [0.4, 0.5) is 10.5 Å². The molecule has 0 fully saturated rings. The van der Waals surface area contributed by atoms with E-state index in [9.17, 15) is 14.4 Å². The van der Waals surface area contributed by atoms with Gasteiger partial charge in [-0.2, -0.15) is 0 Å². The Balaban J connectivity index is 1.97. The number of alkyl carbamates (subject to hydrolysis) is 1. The second kappa shape index (κ2) is 12.1. The zero-order valence-electron chi connectivity index (χ0n) is 19.7. The molecule has 2 aromatic rings. The molecule has 0 unspecified atom stereocenters. The summed E-state index contributed by atoms with van der Waals surface area (Å²) in [4.78, 5) is 41.1. The van der Waals surface area contributed by atoms with Crippen LogP contribution in [0.25, 0.3) is 0 Å². The van der Waals surface area contributed by atoms with E-state index in [1.165, 1.54) is 7.11 Å². The summed E-state index contributed by atoms with van der Waals surface area (Å²) in [7, 11) is 1.29. The third-order valence-corrected chi connectivity index (χ3v) is 4.76. The molecular formula is C24H34N4O5. The van der Waals surface area contributed by atoms with Crippen LogP contribution in [0.3, 0.4) is 0 Å². The highest BCUT2D eigenvalue weighted by molar-refractivity contribution is 5.98. The number of unbranched alkanes of at least 4 members (excludes halogenated alkanes) is 1. The molecule has 1 aromatic heterocycles. The van der Waals surface area contributed by atoms with Crippen molar-refractivity contribution >= 4 is 23.7 Å². The van der Waals surface area contributed by atoms with Crippen molar-refractivity contribution in [3.63, 3.8) is 0 Å². The highest BCUT2D eigenvalue weighted by Crippen LogP contribution is 2.21. The molecule has 180 valence electrons. The van der Waals surface area contributed by atoms with E-state index in [1.54, 1.807) is 37.9 Å². The summed E-state index contributed by atoms with van der Waals surface area (Å²) in [5.74, 6) is -0.774. The van der Waals surface area contributed by atoms with Crippen molar-refractivity contribution in [1.29, 1.82) is 0 Å². The van der Waals surface area contributed by atoms with Crippen LogP contribution >= 0.6 is 0 Å². The fourth-order valence-electron chi connectivity index (χ4n) is 3.15. The minimum absolute atomic E-state index is 0.250. The maximum Gasteiger partial charge on any atom is 0.407 e. The summed E-state index contributed by atoms with van der Waals surface area (Å²) in [6.45, 7) is 6.15. The molecule has 4 N–H and O–H groups in total. The van der Waals surface area contributed by atoms with E-state index in [2.05, 4.69) is 10.3 Å². The standard InChI is InChI=1S/C24H34N4O5/c1-24(2,3)33-23(31)26-13-9-8-12-19(25)21(29)28(16-17-10-6-5-7-11-17)18-14-20(27-15-18)22(30)32-4/h5-7,10-11,14-15,19,27H,8-9,12-13,16,25H2,1-4H3,(H,26,31)/t19-/m0/s1. The zero-order chi connectivity index (χ0) is 24.4. The Bertz CT molecular complexity index is 920. The lowest BCUT2D eigenvalue weighted by atomic mass is 10.1. The van der Waals surface area contributed by atoms with Gasteiger partial charge in [-0.1, -0.05) is 30.3 Å². The number of H-pyrrole nitrogens is 1. The summed E-state index contributed by atoms with van der Waals surface area (Å²) in [5, 5.41) is 2.70. The van der Waals surface area contributed by atoms with Gasteiger partial charge in [0, 0.05) is 12.7 Å². The van der Waals surface area contributed by atoms with Crippen LogP contribution in [0, 0.1) is 0 Å². The van der Waals surface area contributed by atoms with Gasteiger partial charge in [0.2, 0.25) is 5.91 Å². The highest BCUT2D eigenvalue weighted by atomic mass is 16.6. The monoisotopic (exact) mass is 458 g/mol. The minimum Gasteiger partial charge on any atom is -0.464 e. The molecule has 1 atom stereocenters. The van der Waals surface area contributed by atoms with Crippen molar-refractivity contribution in [2.45, 2.75) is 58.2 Å². The predicted octanol–water partition coefficient (Wildman–Crippen LogP) is 3.36. The number of hydrogen-bond donors (Lipinski definition) is 3. The van der Waals surface area contributed by atoms with Crippen LogP contribution in [-0.2, 0) is 20.8 Å². The van der Waals surface area contributed by atoms with Crippen LogP contribution in [0.5, 0.6) is 0 Å². The molecule has 9 heteroatoms. The molecule has 1 aromatic carbocycles. The molecule has 0 spiro atoms. The van der Waals surface area contributed by atoms with E-state index in [0.717, 1.165) is 5.56 Å². The topological polar surface area (TPSA) is 127 Å². The van der Waals surface area contributed by atoms with Crippen LogP contribution in [0.1, 0.15) is 56.1 Å². The van der Waals surface area contributed by atoms with Crippen LogP contribution in [-0.4, -0.2) is 48.3 Å². The first-order chi connectivity index (χ1) is 15.6. The SMILES string of the molecule is COC(=O)c1cc(N(Cc2ccccc2)C(=O)[C@@H](N)CCCCNC(=O)OC(C)(C)C)c[nH]1. The molecule has 2 amide bonds. The largest absolute Gasteiger partial charge is 0.464 e. The maximum absolute atomic E-state index is 13.2. The second-order valence-electron chi connectivity index (χ2n) is 8.70. The number of carbonyl (C=O) groups is 3. The molecule has 0 aliphatic rings. The highest BCUT2D eigenvalue weighted by Gasteiger charge is 2.24. The fraction of sp³-hybridized carbons (Fsp3) is 0.458. The smallest absolute Gasteiger partial charge is 0.407 e. The van der Waals surface area contributed by atoms with Crippen molar-refractivity contribution < 1.29 is 23.9 Å². The molecule has 0 bridgehead atoms. The third-order valence-electron chi connectivity index (χ3n) is 4.76. The Morgan fingerprint density at radius 3 is 2.48 bits per heavy atom. The fourth-order valence-corrected chi connectivity index (χ4v) is 3.15. The van der Waals surface area contributed by atoms with Crippen molar-refractivity contribution in [2.24, 2.45) is 5.73 Å². The zero-order valence-corrected chi connectivity index (χ0v) is 19.7. The number of rotatable bonds is 10. The number of amides is 2. The Hall–Kier alpha value is -3.33. The van der Waals surface area contributed by atoms with Gasteiger partial charge in [-0.3, -0.25) is 4.79 Å². The normalized spacial score (nSPS) is 12.0. The Labute approximate surface area is 194 Å². The van der Waals surface area contributed by atoms with Gasteiger partial charge in [0.1, 0.15) is 11.3 Å². The molecule has 1 heterocycles. The summed E-state index contributed by atoms with van der Waals surface area (Å²) < 4.78 is 9.93. The van der Waals surface area contributed by atoms with Crippen molar-refractivity contribution in [3.8, 4) is 0 Å². The van der Waals surface area contributed by atoms with Gasteiger partial charge < -0.3 is 30.4 Å². The van der Waals surface area contributed by atoms with Crippen LogP contribution in [0.2, 0.25) is 0 Å². The second-order valence-corrected chi connectivity index (χ2v) is 8.70. The van der Waals surface area contributed by atoms with E-state index in [0.29, 0.717) is 38.0 Å². The van der Waals surface area contributed by atoms with Crippen LogP contribution < -0.4 is 16.0 Å². The summed E-state index contributed by atoms with van der Waals surface area (Å²) in [6.07, 6.45) is 2.89. The first-order valence-corrected chi connectivity index (χ1v) is 10.9. The summed E-state index contributed by atoms with van der Waals surface area (Å²) in [6, 6.07) is 10.4. The van der Waals surface area contributed by atoms with E-state index in [-0.39, 0.29) is 11.6 Å². The number of anilines is 1. The van der Waals surface area contributed by atoms with E-state index in [4.69, 9.17) is 15.2 Å². The first-order valence-electron chi connectivity index (χ1n) is 10.9. The van der Waals surface area contributed by atoms with Gasteiger partial charge in [-0.05, 0) is 51.7 Å². The Kier molecular flexibility index (Phi) is 9.47. The molecule has 9 nitrogen and oxygen atoms in total. The number of nitrogens with one attached hydrogen (secondary N) is 2. The van der Waals surface area contributed by atoms with Gasteiger partial charge >= 0.3 is 12.1 Å². The first kappa shape index (κ1) is 25.9. The number of methoxy groups -OCH3 is 1.